The molecule has 1 heterocycles. The van der Waals surface area contributed by atoms with E-state index < -0.39 is 0 Å². The van der Waals surface area contributed by atoms with Crippen LogP contribution in [0.1, 0.15) is 18.1 Å². The monoisotopic (exact) mass is 209 g/mol. The van der Waals surface area contributed by atoms with E-state index in [1.807, 2.05) is 0 Å². The predicted octanol–water partition coefficient (Wildman–Crippen LogP) is 0.371. The number of rotatable bonds is 7. The fourth-order valence-corrected chi connectivity index (χ4v) is 1.08. The molecule has 0 unspecified atom stereocenters. The zero-order valence-corrected chi connectivity index (χ0v) is 8.82. The molecule has 0 spiro atoms. The Morgan fingerprint density at radius 2 is 2.47 bits per heavy atom. The maximum Gasteiger partial charge on any atom is 0.240 e. The van der Waals surface area contributed by atoms with Crippen LogP contribution in [0, 0.1) is 12.3 Å². The van der Waals surface area contributed by atoms with Crippen LogP contribution < -0.4 is 5.32 Å². The molecule has 0 saturated carbocycles. The maximum absolute atomic E-state index is 5.09. The molecule has 0 amide bonds. The van der Waals surface area contributed by atoms with Crippen molar-refractivity contribution in [3.63, 3.8) is 0 Å². The summed E-state index contributed by atoms with van der Waals surface area (Å²) in [6, 6.07) is 0. The highest BCUT2D eigenvalue weighted by Crippen LogP contribution is 2.00. The summed E-state index contributed by atoms with van der Waals surface area (Å²) in [5.41, 5.74) is 0. The third-order valence-corrected chi connectivity index (χ3v) is 1.76. The Morgan fingerprint density at radius 1 is 1.60 bits per heavy atom. The first-order chi connectivity index (χ1) is 7.36. The SMILES string of the molecule is C#CCNCc1nc(CCCOC)no1. The lowest BCUT2D eigenvalue weighted by Gasteiger charge is -1.93. The Kier molecular flexibility index (Phi) is 5.44. The van der Waals surface area contributed by atoms with Crippen molar-refractivity contribution in [2.45, 2.75) is 19.4 Å². The van der Waals surface area contributed by atoms with Crippen molar-refractivity contribution >= 4 is 0 Å². The minimum absolute atomic E-state index is 0.501. The zero-order valence-electron chi connectivity index (χ0n) is 8.82. The molecule has 1 N–H and O–H groups in total. The van der Waals surface area contributed by atoms with E-state index in [0.717, 1.165) is 12.8 Å². The largest absolute Gasteiger partial charge is 0.385 e. The van der Waals surface area contributed by atoms with Gasteiger partial charge in [0, 0.05) is 20.1 Å². The van der Waals surface area contributed by atoms with Crippen molar-refractivity contribution in [1.29, 1.82) is 0 Å². The summed E-state index contributed by atoms with van der Waals surface area (Å²) in [5.74, 6) is 3.75. The summed E-state index contributed by atoms with van der Waals surface area (Å²) in [5, 5.41) is 6.81. The highest BCUT2D eigenvalue weighted by Gasteiger charge is 2.04. The van der Waals surface area contributed by atoms with Gasteiger partial charge in [-0.2, -0.15) is 4.98 Å². The van der Waals surface area contributed by atoms with Crippen molar-refractivity contribution in [3.05, 3.63) is 11.7 Å². The van der Waals surface area contributed by atoms with E-state index >= 15 is 0 Å². The van der Waals surface area contributed by atoms with E-state index in [9.17, 15) is 0 Å². The van der Waals surface area contributed by atoms with Crippen LogP contribution >= 0.6 is 0 Å². The fraction of sp³-hybridized carbons (Fsp3) is 0.600. The van der Waals surface area contributed by atoms with Gasteiger partial charge in [-0.05, 0) is 6.42 Å². The first-order valence-electron chi connectivity index (χ1n) is 4.81. The molecule has 1 aromatic heterocycles. The third kappa shape index (κ3) is 4.58. The lowest BCUT2D eigenvalue weighted by Crippen LogP contribution is -2.13. The molecule has 0 atom stereocenters. The van der Waals surface area contributed by atoms with Crippen LogP contribution in [-0.4, -0.2) is 30.4 Å². The van der Waals surface area contributed by atoms with Crippen LogP contribution in [0.2, 0.25) is 0 Å². The number of methoxy groups -OCH3 is 1. The van der Waals surface area contributed by atoms with E-state index in [2.05, 4.69) is 21.4 Å². The van der Waals surface area contributed by atoms with Gasteiger partial charge in [-0.1, -0.05) is 11.1 Å². The molecule has 0 aliphatic heterocycles. The molecule has 0 bridgehead atoms. The average Bonchev–Trinajstić information content (AvgIpc) is 2.67. The molecule has 5 heteroatoms. The van der Waals surface area contributed by atoms with Crippen molar-refractivity contribution in [2.75, 3.05) is 20.3 Å². The van der Waals surface area contributed by atoms with E-state index in [1.54, 1.807) is 7.11 Å². The molecular weight excluding hydrogens is 194 g/mol. The summed E-state index contributed by atoms with van der Waals surface area (Å²) in [7, 11) is 1.67. The van der Waals surface area contributed by atoms with Gasteiger partial charge in [0.15, 0.2) is 5.82 Å². The van der Waals surface area contributed by atoms with Gasteiger partial charge >= 0.3 is 0 Å². The summed E-state index contributed by atoms with van der Waals surface area (Å²) < 4.78 is 9.94. The van der Waals surface area contributed by atoms with Gasteiger partial charge in [0.1, 0.15) is 0 Å². The minimum atomic E-state index is 0.501. The van der Waals surface area contributed by atoms with Gasteiger partial charge in [0.2, 0.25) is 5.89 Å². The summed E-state index contributed by atoms with van der Waals surface area (Å²) in [6.45, 7) is 1.72. The Balaban J connectivity index is 2.26. The van der Waals surface area contributed by atoms with Crippen molar-refractivity contribution in [1.82, 2.24) is 15.5 Å². The molecule has 1 rings (SSSR count). The molecular formula is C10H15N3O2. The minimum Gasteiger partial charge on any atom is -0.385 e. The molecule has 0 aliphatic rings. The Morgan fingerprint density at radius 3 is 3.20 bits per heavy atom. The molecule has 0 saturated heterocycles. The van der Waals surface area contributed by atoms with E-state index in [0.29, 0.717) is 31.4 Å². The number of hydrogen-bond acceptors (Lipinski definition) is 5. The first kappa shape index (κ1) is 11.7. The van der Waals surface area contributed by atoms with Gasteiger partial charge in [0.25, 0.3) is 0 Å². The predicted molar refractivity (Wildman–Crippen MR) is 55.0 cm³/mol. The molecule has 0 radical (unpaired) electrons. The van der Waals surface area contributed by atoms with E-state index in [4.69, 9.17) is 15.7 Å². The number of aromatic nitrogens is 2. The Hall–Kier alpha value is -1.38. The highest BCUT2D eigenvalue weighted by molar-refractivity contribution is 4.90. The molecule has 82 valence electrons. The summed E-state index contributed by atoms with van der Waals surface area (Å²) >= 11 is 0. The topological polar surface area (TPSA) is 60.2 Å². The van der Waals surface area contributed by atoms with Crippen LogP contribution in [0.4, 0.5) is 0 Å². The molecule has 0 aromatic carbocycles. The first-order valence-corrected chi connectivity index (χ1v) is 4.81. The van der Waals surface area contributed by atoms with Crippen molar-refractivity contribution in [2.24, 2.45) is 0 Å². The van der Waals surface area contributed by atoms with Crippen LogP contribution in [0.15, 0.2) is 4.52 Å². The van der Waals surface area contributed by atoms with Crippen LogP contribution in [-0.2, 0) is 17.7 Å². The molecule has 0 aliphatic carbocycles. The lowest BCUT2D eigenvalue weighted by atomic mass is 10.3. The van der Waals surface area contributed by atoms with E-state index in [-0.39, 0.29) is 0 Å². The zero-order chi connectivity index (χ0) is 10.9. The molecule has 0 fully saturated rings. The normalized spacial score (nSPS) is 10.1. The standard InChI is InChI=1S/C10H15N3O2/c1-3-6-11-8-10-12-9(13-15-10)5-4-7-14-2/h1,11H,4-8H2,2H3. The van der Waals surface area contributed by atoms with Crippen molar-refractivity contribution < 1.29 is 9.26 Å². The fourth-order valence-electron chi connectivity index (χ4n) is 1.08. The molecule has 1 aromatic rings. The Labute approximate surface area is 89.2 Å². The highest BCUT2D eigenvalue weighted by atomic mass is 16.5. The maximum atomic E-state index is 5.09. The number of nitrogens with zero attached hydrogens (tertiary/aromatic N) is 2. The smallest absolute Gasteiger partial charge is 0.240 e. The average molecular weight is 209 g/mol. The lowest BCUT2D eigenvalue weighted by molar-refractivity contribution is 0.194. The summed E-state index contributed by atoms with van der Waals surface area (Å²) in [6.07, 6.45) is 6.75. The Bertz CT molecular complexity index is 317. The number of aryl methyl sites for hydroxylation is 1. The van der Waals surface area contributed by atoms with E-state index in [1.165, 1.54) is 0 Å². The van der Waals surface area contributed by atoms with Crippen LogP contribution in [0.5, 0.6) is 0 Å². The third-order valence-electron chi connectivity index (χ3n) is 1.76. The van der Waals surface area contributed by atoms with Crippen molar-refractivity contribution in [3.8, 4) is 12.3 Å². The van der Waals surface area contributed by atoms with Gasteiger partial charge < -0.3 is 9.26 Å². The van der Waals surface area contributed by atoms with Crippen LogP contribution in [0.25, 0.3) is 0 Å². The molecule has 5 nitrogen and oxygen atoms in total. The second-order valence-corrected chi connectivity index (χ2v) is 3.01. The number of terminal acetylenes is 1. The van der Waals surface area contributed by atoms with Crippen LogP contribution in [0.3, 0.4) is 0 Å². The second-order valence-electron chi connectivity index (χ2n) is 3.01. The summed E-state index contributed by atoms with van der Waals surface area (Å²) in [4.78, 5) is 4.19. The van der Waals surface area contributed by atoms with Gasteiger partial charge in [-0.3, -0.25) is 5.32 Å². The molecule has 15 heavy (non-hydrogen) atoms. The number of nitrogens with one attached hydrogen (secondary N) is 1. The van der Waals surface area contributed by atoms with Gasteiger partial charge in [-0.25, -0.2) is 0 Å². The number of hydrogen-bond donors (Lipinski definition) is 1. The van der Waals surface area contributed by atoms with Gasteiger partial charge in [-0.15, -0.1) is 6.42 Å². The quantitative estimate of drug-likeness (QED) is 0.519. The number of ether oxygens (including phenoxy) is 1. The van der Waals surface area contributed by atoms with Gasteiger partial charge in [0.05, 0.1) is 13.1 Å². The second kappa shape index (κ2) is 6.98.